The van der Waals surface area contributed by atoms with Gasteiger partial charge in [0.05, 0.1) is 5.60 Å². The number of carbonyl (C=O) groups excluding carboxylic acids is 1. The van der Waals surface area contributed by atoms with Gasteiger partial charge in [-0.2, -0.15) is 0 Å². The molecule has 0 radical (unpaired) electrons. The van der Waals surface area contributed by atoms with E-state index >= 15 is 0 Å². The summed E-state index contributed by atoms with van der Waals surface area (Å²) in [5.74, 6) is 2.65. The van der Waals surface area contributed by atoms with E-state index in [1.165, 1.54) is 38.5 Å². The first-order valence-electron chi connectivity index (χ1n) is 9.55. The van der Waals surface area contributed by atoms with Gasteiger partial charge in [-0.3, -0.25) is 4.79 Å². The number of hydrogen-bond donors (Lipinski definition) is 1. The number of carbonyl (C=O) groups is 1. The monoisotopic (exact) mass is 304 g/mol. The lowest BCUT2D eigenvalue weighted by molar-refractivity contribution is -0.168. The van der Waals surface area contributed by atoms with Crippen LogP contribution in [0.2, 0.25) is 0 Å². The Morgan fingerprint density at radius 1 is 1.00 bits per heavy atom. The number of fused-ring (bicyclic) bond motifs is 5. The van der Waals surface area contributed by atoms with Crippen LogP contribution >= 0.6 is 0 Å². The zero-order valence-electron chi connectivity index (χ0n) is 14.5. The summed E-state index contributed by atoms with van der Waals surface area (Å²) in [7, 11) is 0. The average Bonchev–Trinajstić information content (AvgIpc) is 2.68. The van der Waals surface area contributed by atoms with Crippen LogP contribution in [0.15, 0.2) is 0 Å². The first-order chi connectivity index (χ1) is 10.3. The molecule has 7 unspecified atom stereocenters. The quantitative estimate of drug-likeness (QED) is 0.722. The normalized spacial score (nSPS) is 57.9. The Balaban J connectivity index is 1.73. The number of ketones is 1. The van der Waals surface area contributed by atoms with Crippen LogP contribution in [0.25, 0.3) is 0 Å². The van der Waals surface area contributed by atoms with Crippen LogP contribution in [-0.2, 0) is 4.79 Å². The standard InChI is InChI=1S/C20H32O2/c1-18-10-5-4-6-13(18)7-8-14-15-9-11-20(3,22)19(15,2)12-16(21)17(14)18/h13-15,17,22H,4-12H2,1-3H3. The molecule has 0 aromatic carbocycles. The molecule has 0 amide bonds. The van der Waals surface area contributed by atoms with E-state index in [4.69, 9.17) is 0 Å². The van der Waals surface area contributed by atoms with Crippen molar-refractivity contribution < 1.29 is 9.90 Å². The summed E-state index contributed by atoms with van der Waals surface area (Å²) < 4.78 is 0. The van der Waals surface area contributed by atoms with E-state index < -0.39 is 5.60 Å². The Kier molecular flexibility index (Phi) is 3.16. The molecule has 0 spiro atoms. The van der Waals surface area contributed by atoms with Gasteiger partial charge in [-0.05, 0) is 68.6 Å². The van der Waals surface area contributed by atoms with E-state index in [0.717, 1.165) is 18.8 Å². The third-order valence-electron chi connectivity index (χ3n) is 8.83. The van der Waals surface area contributed by atoms with Crippen molar-refractivity contribution in [3.63, 3.8) is 0 Å². The largest absolute Gasteiger partial charge is 0.390 e. The van der Waals surface area contributed by atoms with E-state index in [2.05, 4.69) is 13.8 Å². The SMILES string of the molecule is CC12CCCCC1CCC1C2C(=O)CC2(C)C1CCC2(C)O. The van der Waals surface area contributed by atoms with Gasteiger partial charge in [-0.25, -0.2) is 0 Å². The van der Waals surface area contributed by atoms with Crippen LogP contribution in [0.5, 0.6) is 0 Å². The molecular weight excluding hydrogens is 272 g/mol. The minimum absolute atomic E-state index is 0.177. The zero-order chi connectivity index (χ0) is 15.8. The van der Waals surface area contributed by atoms with Crippen molar-refractivity contribution in [3.05, 3.63) is 0 Å². The van der Waals surface area contributed by atoms with Crippen molar-refractivity contribution >= 4 is 5.78 Å². The van der Waals surface area contributed by atoms with Gasteiger partial charge in [0.1, 0.15) is 5.78 Å². The first kappa shape index (κ1) is 15.2. The molecule has 0 heterocycles. The zero-order valence-corrected chi connectivity index (χ0v) is 14.5. The lowest BCUT2D eigenvalue weighted by Crippen LogP contribution is -2.59. The molecule has 124 valence electrons. The number of hydrogen-bond acceptors (Lipinski definition) is 2. The Bertz CT molecular complexity index is 496. The van der Waals surface area contributed by atoms with Gasteiger partial charge in [0.25, 0.3) is 0 Å². The van der Waals surface area contributed by atoms with Crippen molar-refractivity contribution in [1.82, 2.24) is 0 Å². The molecule has 22 heavy (non-hydrogen) atoms. The van der Waals surface area contributed by atoms with Crippen LogP contribution in [0.1, 0.15) is 78.6 Å². The molecule has 4 saturated carbocycles. The maximum absolute atomic E-state index is 13.2. The molecule has 7 atom stereocenters. The van der Waals surface area contributed by atoms with Crippen molar-refractivity contribution in [3.8, 4) is 0 Å². The van der Waals surface area contributed by atoms with Gasteiger partial charge in [0, 0.05) is 17.8 Å². The van der Waals surface area contributed by atoms with Crippen LogP contribution in [-0.4, -0.2) is 16.5 Å². The van der Waals surface area contributed by atoms with Crippen LogP contribution in [0.3, 0.4) is 0 Å². The Labute approximate surface area is 135 Å². The molecule has 4 fully saturated rings. The predicted octanol–water partition coefficient (Wildman–Crippen LogP) is 4.35. The maximum atomic E-state index is 13.2. The van der Waals surface area contributed by atoms with Crippen molar-refractivity contribution in [1.29, 1.82) is 0 Å². The highest BCUT2D eigenvalue weighted by molar-refractivity contribution is 5.84. The number of aliphatic hydroxyl groups is 1. The highest BCUT2D eigenvalue weighted by atomic mass is 16.3. The molecule has 0 saturated heterocycles. The van der Waals surface area contributed by atoms with Crippen molar-refractivity contribution in [2.24, 2.45) is 34.5 Å². The van der Waals surface area contributed by atoms with Crippen LogP contribution in [0.4, 0.5) is 0 Å². The molecule has 1 N–H and O–H groups in total. The van der Waals surface area contributed by atoms with Gasteiger partial charge in [-0.15, -0.1) is 0 Å². The minimum atomic E-state index is -0.650. The molecule has 4 aliphatic rings. The summed E-state index contributed by atoms with van der Waals surface area (Å²) >= 11 is 0. The molecule has 0 aromatic rings. The van der Waals surface area contributed by atoms with Crippen molar-refractivity contribution in [2.45, 2.75) is 84.2 Å². The number of rotatable bonds is 0. The van der Waals surface area contributed by atoms with Gasteiger partial charge in [-0.1, -0.05) is 26.7 Å². The third kappa shape index (κ3) is 1.74. The maximum Gasteiger partial charge on any atom is 0.137 e. The molecule has 0 aromatic heterocycles. The molecule has 2 nitrogen and oxygen atoms in total. The highest BCUT2D eigenvalue weighted by Gasteiger charge is 2.65. The fraction of sp³-hybridized carbons (Fsp3) is 0.950. The highest BCUT2D eigenvalue weighted by Crippen LogP contribution is 2.67. The average molecular weight is 304 g/mol. The molecule has 0 aliphatic heterocycles. The summed E-state index contributed by atoms with van der Waals surface area (Å²) in [6, 6.07) is 0. The van der Waals surface area contributed by atoms with E-state index in [0.29, 0.717) is 30.0 Å². The lowest BCUT2D eigenvalue weighted by atomic mass is 9.44. The minimum Gasteiger partial charge on any atom is -0.390 e. The third-order valence-corrected chi connectivity index (χ3v) is 8.83. The van der Waals surface area contributed by atoms with Gasteiger partial charge in [0.15, 0.2) is 0 Å². The van der Waals surface area contributed by atoms with E-state index in [-0.39, 0.29) is 10.8 Å². The van der Waals surface area contributed by atoms with E-state index in [9.17, 15) is 9.90 Å². The molecular formula is C20H32O2. The molecule has 2 heteroatoms. The second kappa shape index (κ2) is 4.59. The predicted molar refractivity (Wildman–Crippen MR) is 87.4 cm³/mol. The van der Waals surface area contributed by atoms with Crippen LogP contribution < -0.4 is 0 Å². The van der Waals surface area contributed by atoms with Gasteiger partial charge >= 0.3 is 0 Å². The molecule has 4 rings (SSSR count). The second-order valence-corrected chi connectivity index (χ2v) is 9.65. The second-order valence-electron chi connectivity index (χ2n) is 9.65. The summed E-state index contributed by atoms with van der Waals surface area (Å²) in [6.07, 6.45) is 10.4. The summed E-state index contributed by atoms with van der Waals surface area (Å²) in [4.78, 5) is 13.2. The molecule has 0 bridgehead atoms. The lowest BCUT2D eigenvalue weighted by Gasteiger charge is -2.60. The van der Waals surface area contributed by atoms with Crippen molar-refractivity contribution in [2.75, 3.05) is 0 Å². The summed E-state index contributed by atoms with van der Waals surface area (Å²) in [5, 5.41) is 10.9. The molecule has 4 aliphatic carbocycles. The van der Waals surface area contributed by atoms with Crippen LogP contribution in [0, 0.1) is 34.5 Å². The number of Topliss-reactive ketones (excluding diaryl/α,β-unsaturated/α-hetero) is 1. The Morgan fingerprint density at radius 3 is 2.55 bits per heavy atom. The first-order valence-corrected chi connectivity index (χ1v) is 9.55. The fourth-order valence-corrected chi connectivity index (χ4v) is 7.32. The van der Waals surface area contributed by atoms with E-state index in [1.54, 1.807) is 0 Å². The Hall–Kier alpha value is -0.370. The summed E-state index contributed by atoms with van der Waals surface area (Å²) in [6.45, 7) is 6.62. The van der Waals surface area contributed by atoms with Gasteiger partial charge < -0.3 is 5.11 Å². The van der Waals surface area contributed by atoms with E-state index in [1.807, 2.05) is 6.92 Å². The Morgan fingerprint density at radius 2 is 1.77 bits per heavy atom. The van der Waals surface area contributed by atoms with Gasteiger partial charge in [0.2, 0.25) is 0 Å². The smallest absolute Gasteiger partial charge is 0.137 e. The summed E-state index contributed by atoms with van der Waals surface area (Å²) in [5.41, 5.74) is -0.570. The fourth-order valence-electron chi connectivity index (χ4n) is 7.32. The topological polar surface area (TPSA) is 37.3 Å².